The van der Waals surface area contributed by atoms with Crippen LogP contribution in [0.5, 0.6) is 5.75 Å². The third-order valence-electron chi connectivity index (χ3n) is 2.61. The van der Waals surface area contributed by atoms with Gasteiger partial charge in [0.1, 0.15) is 11.3 Å². The van der Waals surface area contributed by atoms with Gasteiger partial charge >= 0.3 is 5.97 Å². The Morgan fingerprint density at radius 2 is 1.86 bits per heavy atom. The molecular formula is C17H27IO3. The Kier molecular flexibility index (Phi) is 11.4. The zero-order valence-electron chi connectivity index (χ0n) is 13.7. The Balaban J connectivity index is 0.00000122. The monoisotopic (exact) mass is 406 g/mol. The molecule has 0 aliphatic heterocycles. The molecule has 0 saturated carbocycles. The number of para-hydroxylation sites is 1. The number of alkyl halides is 1. The summed E-state index contributed by atoms with van der Waals surface area (Å²) in [6, 6.07) is 5.63. The van der Waals surface area contributed by atoms with E-state index in [1.165, 1.54) is 4.43 Å². The van der Waals surface area contributed by atoms with E-state index in [1.807, 2.05) is 26.0 Å². The van der Waals surface area contributed by atoms with Gasteiger partial charge in [-0.3, -0.25) is 0 Å². The topological polar surface area (TPSA) is 35.5 Å². The van der Waals surface area contributed by atoms with Crippen LogP contribution < -0.4 is 4.74 Å². The fourth-order valence-electron chi connectivity index (χ4n) is 1.75. The van der Waals surface area contributed by atoms with Crippen molar-refractivity contribution in [2.75, 3.05) is 17.6 Å². The summed E-state index contributed by atoms with van der Waals surface area (Å²) in [6.07, 6.45) is 0.819. The van der Waals surface area contributed by atoms with Crippen LogP contribution in [0.15, 0.2) is 18.2 Å². The lowest BCUT2D eigenvalue weighted by Gasteiger charge is -2.16. The van der Waals surface area contributed by atoms with E-state index in [0.717, 1.165) is 12.0 Å². The molecule has 0 spiro atoms. The SMILES string of the molecule is CCCOC(=O)c1cccc(C(C)C)c1OCC.CCI. The number of halogens is 1. The second kappa shape index (κ2) is 11.8. The predicted octanol–water partition coefficient (Wildman–Crippen LogP) is 5.22. The van der Waals surface area contributed by atoms with Crippen LogP contribution >= 0.6 is 22.6 Å². The maximum Gasteiger partial charge on any atom is 0.341 e. The molecule has 0 aromatic heterocycles. The molecule has 0 aliphatic carbocycles. The van der Waals surface area contributed by atoms with Crippen molar-refractivity contribution in [1.82, 2.24) is 0 Å². The van der Waals surface area contributed by atoms with Crippen molar-refractivity contribution in [3.63, 3.8) is 0 Å². The van der Waals surface area contributed by atoms with Gasteiger partial charge in [-0.1, -0.05) is 62.4 Å². The highest BCUT2D eigenvalue weighted by Crippen LogP contribution is 2.30. The summed E-state index contributed by atoms with van der Waals surface area (Å²) in [5, 5.41) is 0. The first-order chi connectivity index (χ1) is 10.0. The van der Waals surface area contributed by atoms with E-state index in [-0.39, 0.29) is 5.97 Å². The van der Waals surface area contributed by atoms with Gasteiger partial charge < -0.3 is 9.47 Å². The average Bonchev–Trinajstić information content (AvgIpc) is 2.46. The summed E-state index contributed by atoms with van der Waals surface area (Å²) in [7, 11) is 0. The van der Waals surface area contributed by atoms with Gasteiger partial charge in [0.15, 0.2) is 0 Å². The van der Waals surface area contributed by atoms with E-state index in [0.29, 0.717) is 30.4 Å². The van der Waals surface area contributed by atoms with Gasteiger partial charge in [-0.15, -0.1) is 0 Å². The van der Waals surface area contributed by atoms with Crippen molar-refractivity contribution in [3.8, 4) is 5.75 Å². The van der Waals surface area contributed by atoms with Gasteiger partial charge in [-0.2, -0.15) is 0 Å². The number of carbonyl (C=O) groups excluding carboxylic acids is 1. The molecular weight excluding hydrogens is 379 g/mol. The fraction of sp³-hybridized carbons (Fsp3) is 0.588. The molecule has 1 aromatic carbocycles. The van der Waals surface area contributed by atoms with E-state index in [4.69, 9.17) is 9.47 Å². The van der Waals surface area contributed by atoms with Crippen LogP contribution in [0.1, 0.15) is 62.9 Å². The Bertz CT molecular complexity index is 416. The Morgan fingerprint density at radius 3 is 2.33 bits per heavy atom. The quantitative estimate of drug-likeness (QED) is 0.369. The first kappa shape index (κ1) is 20.2. The molecule has 4 heteroatoms. The minimum absolute atomic E-state index is 0.303. The molecule has 0 N–H and O–H groups in total. The van der Waals surface area contributed by atoms with Crippen LogP contribution in [0, 0.1) is 0 Å². The second-order valence-electron chi connectivity index (χ2n) is 4.71. The van der Waals surface area contributed by atoms with Crippen LogP contribution in [0.4, 0.5) is 0 Å². The minimum atomic E-state index is -0.303. The van der Waals surface area contributed by atoms with Gasteiger partial charge in [0.25, 0.3) is 0 Å². The molecule has 120 valence electrons. The Labute approximate surface area is 142 Å². The summed E-state index contributed by atoms with van der Waals surface area (Å²) in [5.41, 5.74) is 1.57. The molecule has 3 nitrogen and oxygen atoms in total. The zero-order chi connectivity index (χ0) is 16.3. The lowest BCUT2D eigenvalue weighted by Crippen LogP contribution is -2.10. The van der Waals surface area contributed by atoms with Gasteiger partial charge in [0.05, 0.1) is 13.2 Å². The van der Waals surface area contributed by atoms with Crippen molar-refractivity contribution >= 4 is 28.6 Å². The summed E-state index contributed by atoms with van der Waals surface area (Å²) < 4.78 is 12.0. The highest BCUT2D eigenvalue weighted by Gasteiger charge is 2.18. The Morgan fingerprint density at radius 1 is 1.24 bits per heavy atom. The molecule has 0 fully saturated rings. The Hall–Kier alpha value is -0.780. The average molecular weight is 406 g/mol. The van der Waals surface area contributed by atoms with E-state index in [2.05, 4.69) is 43.4 Å². The number of benzene rings is 1. The smallest absolute Gasteiger partial charge is 0.341 e. The van der Waals surface area contributed by atoms with Crippen LogP contribution in [0.2, 0.25) is 0 Å². The number of carbonyl (C=O) groups is 1. The predicted molar refractivity (Wildman–Crippen MR) is 96.8 cm³/mol. The lowest BCUT2D eigenvalue weighted by atomic mass is 9.99. The largest absolute Gasteiger partial charge is 0.493 e. The molecule has 0 aliphatic rings. The number of hydrogen-bond acceptors (Lipinski definition) is 3. The molecule has 0 bridgehead atoms. The molecule has 21 heavy (non-hydrogen) atoms. The highest BCUT2D eigenvalue weighted by molar-refractivity contribution is 14.1. The van der Waals surface area contributed by atoms with Crippen LogP contribution in [0.25, 0.3) is 0 Å². The van der Waals surface area contributed by atoms with E-state index < -0.39 is 0 Å². The molecule has 0 atom stereocenters. The second-order valence-corrected chi connectivity index (χ2v) is 6.24. The van der Waals surface area contributed by atoms with Gasteiger partial charge in [0, 0.05) is 0 Å². The van der Waals surface area contributed by atoms with Crippen molar-refractivity contribution in [3.05, 3.63) is 29.3 Å². The van der Waals surface area contributed by atoms with E-state index in [9.17, 15) is 4.79 Å². The first-order valence-corrected chi connectivity index (χ1v) is 9.04. The molecule has 1 rings (SSSR count). The third-order valence-corrected chi connectivity index (χ3v) is 2.61. The minimum Gasteiger partial charge on any atom is -0.493 e. The van der Waals surface area contributed by atoms with E-state index >= 15 is 0 Å². The fourth-order valence-corrected chi connectivity index (χ4v) is 1.75. The van der Waals surface area contributed by atoms with Crippen molar-refractivity contribution < 1.29 is 14.3 Å². The summed E-state index contributed by atoms with van der Waals surface area (Å²) >= 11 is 2.29. The number of rotatable bonds is 6. The molecule has 0 amide bonds. The molecule has 1 aromatic rings. The number of esters is 1. The van der Waals surface area contributed by atoms with E-state index in [1.54, 1.807) is 6.07 Å². The van der Waals surface area contributed by atoms with Crippen molar-refractivity contribution in [2.24, 2.45) is 0 Å². The maximum atomic E-state index is 12.0. The first-order valence-electron chi connectivity index (χ1n) is 7.52. The molecule has 0 unspecified atom stereocenters. The van der Waals surface area contributed by atoms with Gasteiger partial charge in [-0.25, -0.2) is 4.79 Å². The van der Waals surface area contributed by atoms with Crippen molar-refractivity contribution in [2.45, 2.75) is 47.0 Å². The van der Waals surface area contributed by atoms with Crippen LogP contribution in [0.3, 0.4) is 0 Å². The standard InChI is InChI=1S/C15H22O3.C2H5I/c1-5-10-18-15(16)13-9-7-8-12(11(3)4)14(13)17-6-2;1-2-3/h7-9,11H,5-6,10H2,1-4H3;2H2,1H3. The molecule has 0 heterocycles. The molecule has 0 radical (unpaired) electrons. The molecule has 0 saturated heterocycles. The normalized spacial score (nSPS) is 9.86. The zero-order valence-corrected chi connectivity index (χ0v) is 15.9. The highest BCUT2D eigenvalue weighted by atomic mass is 127. The summed E-state index contributed by atoms with van der Waals surface area (Å²) in [5.74, 6) is 0.671. The lowest BCUT2D eigenvalue weighted by molar-refractivity contribution is 0.0500. The maximum absolute atomic E-state index is 12.0. The van der Waals surface area contributed by atoms with Gasteiger partial charge in [-0.05, 0) is 35.3 Å². The van der Waals surface area contributed by atoms with Gasteiger partial charge in [0.2, 0.25) is 0 Å². The number of ether oxygens (including phenoxy) is 2. The third kappa shape index (κ3) is 7.16. The summed E-state index contributed by atoms with van der Waals surface area (Å²) in [6.45, 7) is 11.1. The summed E-state index contributed by atoms with van der Waals surface area (Å²) in [4.78, 5) is 12.0. The van der Waals surface area contributed by atoms with Crippen LogP contribution in [-0.4, -0.2) is 23.6 Å². The van der Waals surface area contributed by atoms with Crippen molar-refractivity contribution in [1.29, 1.82) is 0 Å². The number of hydrogen-bond donors (Lipinski definition) is 0. The van der Waals surface area contributed by atoms with Crippen LogP contribution in [-0.2, 0) is 4.74 Å².